The van der Waals surface area contributed by atoms with Crippen molar-refractivity contribution in [1.29, 1.82) is 0 Å². The number of rotatable bonds is 5. The van der Waals surface area contributed by atoms with Crippen LogP contribution in [-0.4, -0.2) is 54.0 Å². The Balaban J connectivity index is 1.43. The van der Waals surface area contributed by atoms with Gasteiger partial charge in [0.1, 0.15) is 5.82 Å². The van der Waals surface area contributed by atoms with E-state index in [-0.39, 0.29) is 6.10 Å². The zero-order valence-corrected chi connectivity index (χ0v) is 11.3. The van der Waals surface area contributed by atoms with E-state index in [9.17, 15) is 0 Å². The van der Waals surface area contributed by atoms with Crippen molar-refractivity contribution in [3.8, 4) is 0 Å². The van der Waals surface area contributed by atoms with Crippen molar-refractivity contribution in [2.24, 2.45) is 5.92 Å². The van der Waals surface area contributed by atoms with Crippen LogP contribution in [0.2, 0.25) is 0 Å². The number of hydrogen-bond donors (Lipinski definition) is 1. The highest BCUT2D eigenvalue weighted by Gasteiger charge is 2.25. The van der Waals surface area contributed by atoms with Crippen molar-refractivity contribution < 1.29 is 4.74 Å². The molecule has 0 radical (unpaired) electrons. The van der Waals surface area contributed by atoms with Gasteiger partial charge in [0.05, 0.1) is 12.7 Å². The molecule has 1 aromatic rings. The minimum atomic E-state index is 0.260. The van der Waals surface area contributed by atoms with Gasteiger partial charge in [0.15, 0.2) is 0 Å². The Kier molecular flexibility index (Phi) is 4.25. The molecule has 0 amide bonds. The minimum absolute atomic E-state index is 0.260. The fourth-order valence-electron chi connectivity index (χ4n) is 2.72. The molecule has 1 N–H and O–H groups in total. The van der Waals surface area contributed by atoms with E-state index in [0.717, 1.165) is 38.0 Å². The molecule has 104 valence electrons. The van der Waals surface area contributed by atoms with E-state index >= 15 is 0 Å². The third kappa shape index (κ3) is 3.64. The summed E-state index contributed by atoms with van der Waals surface area (Å²) in [6, 6.07) is 3.82. The van der Waals surface area contributed by atoms with Gasteiger partial charge < -0.3 is 10.1 Å². The molecule has 3 rings (SSSR count). The molecule has 0 aromatic carbocycles. The quantitative estimate of drug-likeness (QED) is 0.869. The summed E-state index contributed by atoms with van der Waals surface area (Å²) in [6.07, 6.45) is 6.20. The molecular formula is C14H22N4O. The molecule has 5 nitrogen and oxygen atoms in total. The molecule has 2 heterocycles. The topological polar surface area (TPSA) is 50.3 Å². The summed E-state index contributed by atoms with van der Waals surface area (Å²) in [7, 11) is 0. The maximum absolute atomic E-state index is 5.81. The van der Waals surface area contributed by atoms with Gasteiger partial charge in [-0.05, 0) is 30.9 Å². The van der Waals surface area contributed by atoms with Crippen LogP contribution in [0.1, 0.15) is 19.3 Å². The Morgan fingerprint density at radius 1 is 1.42 bits per heavy atom. The molecular weight excluding hydrogens is 240 g/mol. The van der Waals surface area contributed by atoms with Crippen LogP contribution in [0.15, 0.2) is 18.3 Å². The van der Waals surface area contributed by atoms with Gasteiger partial charge in [-0.2, -0.15) is 5.10 Å². The second kappa shape index (κ2) is 6.30. The molecule has 1 saturated carbocycles. The predicted octanol–water partition coefficient (Wildman–Crippen LogP) is 1.39. The van der Waals surface area contributed by atoms with Crippen molar-refractivity contribution in [2.75, 3.05) is 38.1 Å². The predicted molar refractivity (Wildman–Crippen MR) is 74.0 cm³/mol. The first-order valence-corrected chi connectivity index (χ1v) is 7.26. The van der Waals surface area contributed by atoms with Crippen LogP contribution in [0.4, 0.5) is 5.82 Å². The second-order valence-electron chi connectivity index (χ2n) is 5.54. The lowest BCUT2D eigenvalue weighted by Gasteiger charge is -2.37. The van der Waals surface area contributed by atoms with Crippen LogP contribution in [-0.2, 0) is 4.74 Å². The summed E-state index contributed by atoms with van der Waals surface area (Å²) < 4.78 is 5.81. The largest absolute Gasteiger partial charge is 0.374 e. The smallest absolute Gasteiger partial charge is 0.148 e. The molecule has 5 heteroatoms. The molecule has 0 unspecified atom stereocenters. The lowest BCUT2D eigenvalue weighted by atomic mass is 9.85. The highest BCUT2D eigenvalue weighted by atomic mass is 16.5. The molecule has 1 atom stereocenters. The Bertz CT molecular complexity index is 382. The highest BCUT2D eigenvalue weighted by molar-refractivity contribution is 5.31. The number of anilines is 1. The van der Waals surface area contributed by atoms with Gasteiger partial charge in [-0.3, -0.25) is 4.90 Å². The van der Waals surface area contributed by atoms with E-state index in [1.165, 1.54) is 25.8 Å². The number of aromatic nitrogens is 2. The van der Waals surface area contributed by atoms with Gasteiger partial charge >= 0.3 is 0 Å². The van der Waals surface area contributed by atoms with Gasteiger partial charge in [0.2, 0.25) is 0 Å². The molecule has 19 heavy (non-hydrogen) atoms. The monoisotopic (exact) mass is 262 g/mol. The van der Waals surface area contributed by atoms with Crippen LogP contribution >= 0.6 is 0 Å². The molecule has 2 fully saturated rings. The van der Waals surface area contributed by atoms with E-state index in [2.05, 4.69) is 20.4 Å². The lowest BCUT2D eigenvalue weighted by molar-refractivity contribution is -0.0296. The van der Waals surface area contributed by atoms with Crippen LogP contribution in [0, 0.1) is 5.92 Å². The van der Waals surface area contributed by atoms with Crippen LogP contribution in [0.5, 0.6) is 0 Å². The average molecular weight is 262 g/mol. The zero-order chi connectivity index (χ0) is 12.9. The summed E-state index contributed by atoms with van der Waals surface area (Å²) in [5.41, 5.74) is 0. The number of morpholine rings is 1. The molecule has 1 aliphatic heterocycles. The fourth-order valence-corrected chi connectivity index (χ4v) is 2.72. The fraction of sp³-hybridized carbons (Fsp3) is 0.714. The number of hydrogen-bond acceptors (Lipinski definition) is 5. The molecule has 2 aliphatic rings. The summed E-state index contributed by atoms with van der Waals surface area (Å²) in [4.78, 5) is 2.55. The Morgan fingerprint density at radius 2 is 2.37 bits per heavy atom. The van der Waals surface area contributed by atoms with E-state index < -0.39 is 0 Å². The van der Waals surface area contributed by atoms with Crippen molar-refractivity contribution in [2.45, 2.75) is 25.4 Å². The first kappa shape index (κ1) is 12.8. The third-order valence-electron chi connectivity index (χ3n) is 4.05. The van der Waals surface area contributed by atoms with Crippen molar-refractivity contribution in [1.82, 2.24) is 15.1 Å². The number of ether oxygens (including phenoxy) is 1. The Labute approximate surface area is 114 Å². The minimum Gasteiger partial charge on any atom is -0.374 e. The van der Waals surface area contributed by atoms with Crippen molar-refractivity contribution in [3.63, 3.8) is 0 Å². The standard InChI is InChI=1S/C14H22N4O/c1-3-12(4-1)10-18-7-8-19-13(11-18)9-15-14-5-2-6-16-17-14/h2,5-6,12-13H,1,3-4,7-11H2,(H,15,17)/t13-/m0/s1. The van der Waals surface area contributed by atoms with E-state index in [1.807, 2.05) is 12.1 Å². The molecule has 1 saturated heterocycles. The molecule has 1 aliphatic carbocycles. The Morgan fingerprint density at radius 3 is 3.11 bits per heavy atom. The summed E-state index contributed by atoms with van der Waals surface area (Å²) in [5.74, 6) is 1.76. The normalized spacial score (nSPS) is 24.9. The molecule has 0 spiro atoms. The van der Waals surface area contributed by atoms with Crippen molar-refractivity contribution in [3.05, 3.63) is 18.3 Å². The first-order chi connectivity index (χ1) is 9.40. The zero-order valence-electron chi connectivity index (χ0n) is 11.3. The molecule has 1 aromatic heterocycles. The second-order valence-corrected chi connectivity index (χ2v) is 5.54. The van der Waals surface area contributed by atoms with Gasteiger partial charge in [-0.15, -0.1) is 5.10 Å². The summed E-state index contributed by atoms with van der Waals surface area (Å²) >= 11 is 0. The van der Waals surface area contributed by atoms with Crippen LogP contribution in [0.3, 0.4) is 0 Å². The van der Waals surface area contributed by atoms with Gasteiger partial charge in [0, 0.05) is 32.4 Å². The van der Waals surface area contributed by atoms with Gasteiger partial charge in [-0.1, -0.05) is 6.42 Å². The van der Waals surface area contributed by atoms with Crippen molar-refractivity contribution >= 4 is 5.82 Å². The SMILES string of the molecule is c1cnnc(NC[C@H]2CN(CC3CCC3)CCO2)c1. The Hall–Kier alpha value is -1.20. The van der Waals surface area contributed by atoms with E-state index in [0.29, 0.717) is 0 Å². The summed E-state index contributed by atoms with van der Waals surface area (Å²) in [6.45, 7) is 5.02. The van der Waals surface area contributed by atoms with Gasteiger partial charge in [0.25, 0.3) is 0 Å². The van der Waals surface area contributed by atoms with Crippen LogP contribution in [0.25, 0.3) is 0 Å². The third-order valence-corrected chi connectivity index (χ3v) is 4.05. The highest BCUT2D eigenvalue weighted by Crippen LogP contribution is 2.27. The average Bonchev–Trinajstić information content (AvgIpc) is 2.42. The number of nitrogens with one attached hydrogen (secondary N) is 1. The molecule has 0 bridgehead atoms. The van der Waals surface area contributed by atoms with Crippen LogP contribution < -0.4 is 5.32 Å². The van der Waals surface area contributed by atoms with Gasteiger partial charge in [-0.25, -0.2) is 0 Å². The lowest BCUT2D eigenvalue weighted by Crippen LogP contribution is -2.47. The maximum atomic E-state index is 5.81. The maximum Gasteiger partial charge on any atom is 0.148 e. The number of nitrogens with zero attached hydrogens (tertiary/aromatic N) is 3. The van der Waals surface area contributed by atoms with E-state index in [1.54, 1.807) is 6.20 Å². The first-order valence-electron chi connectivity index (χ1n) is 7.26. The van der Waals surface area contributed by atoms with E-state index in [4.69, 9.17) is 4.74 Å². The summed E-state index contributed by atoms with van der Waals surface area (Å²) in [5, 5.41) is 11.2.